The molecule has 0 fully saturated rings. The van der Waals surface area contributed by atoms with E-state index in [0.717, 1.165) is 6.07 Å². The molecule has 94 valence electrons. The molecule has 0 atom stereocenters. The van der Waals surface area contributed by atoms with E-state index in [9.17, 15) is 14.3 Å². The minimum absolute atomic E-state index is 0.144. The van der Waals surface area contributed by atoms with Gasteiger partial charge in [0.25, 0.3) is 0 Å². The lowest BCUT2D eigenvalue weighted by Crippen LogP contribution is -2.22. The normalized spacial score (nSPS) is 11.3. The van der Waals surface area contributed by atoms with Gasteiger partial charge in [-0.3, -0.25) is 4.79 Å². The third-order valence-corrected chi connectivity index (χ3v) is 2.59. The summed E-state index contributed by atoms with van der Waals surface area (Å²) in [6, 6.07) is 2.26. The average Bonchev–Trinajstić information content (AvgIpc) is 2.19. The Balaban J connectivity index is 3.28. The van der Waals surface area contributed by atoms with E-state index < -0.39 is 23.0 Å². The lowest BCUT2D eigenvalue weighted by atomic mass is 9.81. The molecule has 17 heavy (non-hydrogen) atoms. The van der Waals surface area contributed by atoms with Crippen LogP contribution in [0, 0.1) is 5.82 Å². The number of hydrogen-bond donors (Lipinski definition) is 2. The molecule has 1 aromatic rings. The molecule has 1 rings (SSSR count). The van der Waals surface area contributed by atoms with Crippen LogP contribution in [0.2, 0.25) is 0 Å². The number of benzene rings is 1. The Labute approximate surface area is 98.7 Å². The molecule has 0 saturated heterocycles. The molecule has 5 heteroatoms. The van der Waals surface area contributed by atoms with Crippen molar-refractivity contribution in [2.45, 2.75) is 25.7 Å². The first-order valence-electron chi connectivity index (χ1n) is 5.06. The highest BCUT2D eigenvalue weighted by Crippen LogP contribution is 2.37. The van der Waals surface area contributed by atoms with Gasteiger partial charge in [0, 0.05) is 17.0 Å². The molecule has 0 aliphatic rings. The van der Waals surface area contributed by atoms with Gasteiger partial charge in [-0.25, -0.2) is 4.39 Å². The summed E-state index contributed by atoms with van der Waals surface area (Å²) in [7, 11) is 1.37. The SMILES string of the molecule is COc1cc(F)c(O)cc1C(C)(C)CC(=O)O. The van der Waals surface area contributed by atoms with Crippen molar-refractivity contribution in [1.29, 1.82) is 0 Å². The van der Waals surface area contributed by atoms with E-state index in [2.05, 4.69) is 0 Å². The topological polar surface area (TPSA) is 66.8 Å². The Bertz CT molecular complexity index is 440. The van der Waals surface area contributed by atoms with E-state index in [1.54, 1.807) is 13.8 Å². The molecule has 2 N–H and O–H groups in total. The van der Waals surface area contributed by atoms with Crippen LogP contribution in [0.25, 0.3) is 0 Å². The van der Waals surface area contributed by atoms with Crippen molar-refractivity contribution in [2.24, 2.45) is 0 Å². The van der Waals surface area contributed by atoms with Gasteiger partial charge < -0.3 is 14.9 Å². The van der Waals surface area contributed by atoms with E-state index in [1.807, 2.05) is 0 Å². The van der Waals surface area contributed by atoms with Crippen LogP contribution in [0.1, 0.15) is 25.8 Å². The standard InChI is InChI=1S/C12H15FO4/c1-12(2,6-11(15)16)7-4-9(14)8(13)5-10(7)17-3/h4-5,14H,6H2,1-3H3,(H,15,16). The lowest BCUT2D eigenvalue weighted by Gasteiger charge is -2.25. The van der Waals surface area contributed by atoms with Crippen molar-refractivity contribution in [3.05, 3.63) is 23.5 Å². The summed E-state index contributed by atoms with van der Waals surface area (Å²) in [4.78, 5) is 10.8. The fraction of sp³-hybridized carbons (Fsp3) is 0.417. The summed E-state index contributed by atoms with van der Waals surface area (Å²) < 4.78 is 18.2. The molecule has 0 aromatic heterocycles. The monoisotopic (exact) mass is 242 g/mol. The summed E-state index contributed by atoms with van der Waals surface area (Å²) in [5, 5.41) is 18.2. The predicted octanol–water partition coefficient (Wildman–Crippen LogP) is 2.29. The summed E-state index contributed by atoms with van der Waals surface area (Å²) in [5.41, 5.74) is -0.302. The smallest absolute Gasteiger partial charge is 0.304 e. The molecular formula is C12H15FO4. The van der Waals surface area contributed by atoms with Crippen LogP contribution in [0.15, 0.2) is 12.1 Å². The Morgan fingerprint density at radius 2 is 2.06 bits per heavy atom. The number of hydrogen-bond acceptors (Lipinski definition) is 3. The quantitative estimate of drug-likeness (QED) is 0.850. The number of methoxy groups -OCH3 is 1. The van der Waals surface area contributed by atoms with Crippen LogP contribution >= 0.6 is 0 Å². The van der Waals surface area contributed by atoms with E-state index in [4.69, 9.17) is 9.84 Å². The summed E-state index contributed by atoms with van der Waals surface area (Å²) in [5.74, 6) is -2.05. The number of phenolic OH excluding ortho intramolecular Hbond substituents is 1. The third-order valence-electron chi connectivity index (χ3n) is 2.59. The molecule has 0 amide bonds. The first-order valence-corrected chi connectivity index (χ1v) is 5.06. The molecule has 0 radical (unpaired) electrons. The van der Waals surface area contributed by atoms with Gasteiger partial charge in [0.2, 0.25) is 0 Å². The van der Waals surface area contributed by atoms with Gasteiger partial charge >= 0.3 is 5.97 Å². The largest absolute Gasteiger partial charge is 0.505 e. The Morgan fingerprint density at radius 1 is 1.47 bits per heavy atom. The maximum absolute atomic E-state index is 13.2. The van der Waals surface area contributed by atoms with E-state index in [1.165, 1.54) is 13.2 Å². The van der Waals surface area contributed by atoms with Crippen molar-refractivity contribution in [3.63, 3.8) is 0 Å². The van der Waals surface area contributed by atoms with Crippen molar-refractivity contribution < 1.29 is 24.1 Å². The van der Waals surface area contributed by atoms with Crippen LogP contribution in [0.3, 0.4) is 0 Å². The maximum atomic E-state index is 13.2. The molecule has 0 saturated carbocycles. The van der Waals surface area contributed by atoms with Gasteiger partial charge in [0.1, 0.15) is 5.75 Å². The summed E-state index contributed by atoms with van der Waals surface area (Å²) >= 11 is 0. The van der Waals surface area contributed by atoms with Crippen LogP contribution in [0.4, 0.5) is 4.39 Å². The van der Waals surface area contributed by atoms with Crippen molar-refractivity contribution in [1.82, 2.24) is 0 Å². The first kappa shape index (κ1) is 13.3. The van der Waals surface area contributed by atoms with Gasteiger partial charge in [0.15, 0.2) is 11.6 Å². The number of aromatic hydroxyl groups is 1. The van der Waals surface area contributed by atoms with Crippen molar-refractivity contribution in [3.8, 4) is 11.5 Å². The number of phenols is 1. The van der Waals surface area contributed by atoms with E-state index >= 15 is 0 Å². The van der Waals surface area contributed by atoms with Gasteiger partial charge in [-0.05, 0) is 6.07 Å². The number of carbonyl (C=O) groups is 1. The van der Waals surface area contributed by atoms with Crippen molar-refractivity contribution in [2.75, 3.05) is 7.11 Å². The highest BCUT2D eigenvalue weighted by Gasteiger charge is 2.28. The number of carboxylic acid groups (broad SMARTS) is 1. The second kappa shape index (κ2) is 4.61. The zero-order valence-corrected chi connectivity index (χ0v) is 9.95. The second-order valence-electron chi connectivity index (χ2n) is 4.46. The van der Waals surface area contributed by atoms with Crippen LogP contribution in [-0.4, -0.2) is 23.3 Å². The maximum Gasteiger partial charge on any atom is 0.304 e. The van der Waals surface area contributed by atoms with Crippen LogP contribution in [0.5, 0.6) is 11.5 Å². The molecule has 0 bridgehead atoms. The van der Waals surface area contributed by atoms with Crippen molar-refractivity contribution >= 4 is 5.97 Å². The Morgan fingerprint density at radius 3 is 2.53 bits per heavy atom. The van der Waals surface area contributed by atoms with Gasteiger partial charge in [-0.15, -0.1) is 0 Å². The first-order chi connectivity index (χ1) is 7.77. The second-order valence-corrected chi connectivity index (χ2v) is 4.46. The molecule has 0 unspecified atom stereocenters. The molecular weight excluding hydrogens is 227 g/mol. The predicted molar refractivity (Wildman–Crippen MR) is 59.9 cm³/mol. The third kappa shape index (κ3) is 2.87. The number of aliphatic carboxylic acids is 1. The Hall–Kier alpha value is -1.78. The molecule has 0 spiro atoms. The van der Waals surface area contributed by atoms with Crippen LogP contribution in [-0.2, 0) is 10.2 Å². The summed E-state index contributed by atoms with van der Waals surface area (Å²) in [6.07, 6.45) is -0.144. The molecule has 4 nitrogen and oxygen atoms in total. The highest BCUT2D eigenvalue weighted by atomic mass is 19.1. The summed E-state index contributed by atoms with van der Waals surface area (Å²) in [6.45, 7) is 3.38. The highest BCUT2D eigenvalue weighted by molar-refractivity contribution is 5.69. The fourth-order valence-corrected chi connectivity index (χ4v) is 1.71. The van der Waals surface area contributed by atoms with E-state index in [0.29, 0.717) is 5.56 Å². The van der Waals surface area contributed by atoms with E-state index in [-0.39, 0.29) is 12.2 Å². The molecule has 0 aliphatic heterocycles. The minimum atomic E-state index is -0.971. The molecule has 0 aliphatic carbocycles. The number of rotatable bonds is 4. The van der Waals surface area contributed by atoms with Gasteiger partial charge in [0.05, 0.1) is 13.5 Å². The molecule has 1 aromatic carbocycles. The van der Waals surface area contributed by atoms with Gasteiger partial charge in [-0.2, -0.15) is 0 Å². The average molecular weight is 242 g/mol. The number of halogens is 1. The molecule has 0 heterocycles. The Kier molecular flexibility index (Phi) is 3.60. The zero-order valence-electron chi connectivity index (χ0n) is 9.95. The van der Waals surface area contributed by atoms with Gasteiger partial charge in [-0.1, -0.05) is 13.8 Å². The zero-order chi connectivity index (χ0) is 13.2. The number of carboxylic acids is 1. The van der Waals surface area contributed by atoms with Crippen LogP contribution < -0.4 is 4.74 Å². The number of ether oxygens (including phenoxy) is 1. The lowest BCUT2D eigenvalue weighted by molar-refractivity contribution is -0.138. The fourth-order valence-electron chi connectivity index (χ4n) is 1.71. The minimum Gasteiger partial charge on any atom is -0.505 e.